The average molecular weight is 468 g/mol. The van der Waals surface area contributed by atoms with Crippen LogP contribution in [0.1, 0.15) is 31.2 Å². The van der Waals surface area contributed by atoms with Crippen LogP contribution in [0.25, 0.3) is 0 Å². The highest BCUT2D eigenvalue weighted by molar-refractivity contribution is 7.99. The van der Waals surface area contributed by atoms with E-state index in [0.29, 0.717) is 23.2 Å². The van der Waals surface area contributed by atoms with E-state index in [1.807, 2.05) is 24.3 Å². The molecule has 0 saturated heterocycles. The van der Waals surface area contributed by atoms with E-state index in [0.717, 1.165) is 11.3 Å². The van der Waals surface area contributed by atoms with Crippen molar-refractivity contribution in [3.05, 3.63) is 78.4 Å². The molecule has 0 saturated carbocycles. The monoisotopic (exact) mass is 467 g/mol. The summed E-state index contributed by atoms with van der Waals surface area (Å²) < 4.78 is 14.8. The second-order valence-electron chi connectivity index (χ2n) is 7.61. The smallest absolute Gasteiger partial charge is 0.234 e. The molecule has 1 aromatic heterocycles. The molecule has 1 heterocycles. The third kappa shape index (κ3) is 6.76. The molecule has 33 heavy (non-hydrogen) atoms. The number of nitrogens with one attached hydrogen (secondary N) is 2. The first-order valence-corrected chi connectivity index (χ1v) is 11.5. The van der Waals surface area contributed by atoms with E-state index in [9.17, 15) is 14.0 Å². The molecule has 9 heteroatoms. The molecule has 0 atom stereocenters. The number of carbonyl (C=O) groups is 2. The van der Waals surface area contributed by atoms with Gasteiger partial charge in [-0.15, -0.1) is 16.8 Å². The topological polar surface area (TPSA) is 88.9 Å². The molecule has 0 fully saturated rings. The van der Waals surface area contributed by atoms with Gasteiger partial charge in [-0.25, -0.2) is 4.39 Å². The van der Waals surface area contributed by atoms with Crippen LogP contribution in [0.15, 0.2) is 66.3 Å². The molecule has 2 amide bonds. The molecule has 0 aliphatic heterocycles. The number of hydrogen-bond donors (Lipinski definition) is 2. The van der Waals surface area contributed by atoms with Gasteiger partial charge < -0.3 is 15.2 Å². The standard InChI is InChI=1S/C24H26FN5O2S/c1-4-13-30-21(14-22(31)26-18-11-9-17(25)10-12-18)28-29-24(30)33-15-23(32)27-20-8-6-5-7-19(20)16(2)3/h4-12,16H,1,13-15H2,2-3H3,(H,26,31)(H,27,32). The van der Waals surface area contributed by atoms with Gasteiger partial charge in [-0.2, -0.15) is 0 Å². The molecule has 0 radical (unpaired) electrons. The summed E-state index contributed by atoms with van der Waals surface area (Å²) in [6.45, 7) is 8.29. The molecule has 3 aromatic rings. The summed E-state index contributed by atoms with van der Waals surface area (Å²) in [5.74, 6) is 0.0349. The van der Waals surface area contributed by atoms with Crippen molar-refractivity contribution >= 4 is 35.0 Å². The third-order valence-electron chi connectivity index (χ3n) is 4.74. The number of carbonyl (C=O) groups excluding carboxylic acids is 2. The SMILES string of the molecule is C=CCn1c(CC(=O)Nc2ccc(F)cc2)nnc1SCC(=O)Nc1ccccc1C(C)C. The first kappa shape index (κ1) is 24.2. The highest BCUT2D eigenvalue weighted by atomic mass is 32.2. The Morgan fingerprint density at radius 2 is 1.82 bits per heavy atom. The summed E-state index contributed by atoms with van der Waals surface area (Å²) in [6, 6.07) is 13.2. The Labute approximate surface area is 196 Å². The number of amides is 2. The Kier molecular flexibility index (Phi) is 8.37. The van der Waals surface area contributed by atoms with Crippen LogP contribution in [-0.4, -0.2) is 32.3 Å². The molecule has 172 valence electrons. The van der Waals surface area contributed by atoms with Crippen LogP contribution in [0.2, 0.25) is 0 Å². The van der Waals surface area contributed by atoms with E-state index < -0.39 is 0 Å². The Bertz CT molecular complexity index is 1130. The Morgan fingerprint density at radius 1 is 1.09 bits per heavy atom. The van der Waals surface area contributed by atoms with Crippen LogP contribution < -0.4 is 10.6 Å². The zero-order valence-corrected chi connectivity index (χ0v) is 19.4. The summed E-state index contributed by atoms with van der Waals surface area (Å²) in [5.41, 5.74) is 2.35. The number of benzene rings is 2. The summed E-state index contributed by atoms with van der Waals surface area (Å²) in [4.78, 5) is 24.9. The van der Waals surface area contributed by atoms with Crippen LogP contribution in [0.5, 0.6) is 0 Å². The van der Waals surface area contributed by atoms with Crippen molar-refractivity contribution in [3.8, 4) is 0 Å². The predicted molar refractivity (Wildman–Crippen MR) is 129 cm³/mol. The first-order chi connectivity index (χ1) is 15.9. The van der Waals surface area contributed by atoms with Crippen molar-refractivity contribution < 1.29 is 14.0 Å². The number of aromatic nitrogens is 3. The van der Waals surface area contributed by atoms with Crippen LogP contribution in [0, 0.1) is 5.82 Å². The number of thioether (sulfide) groups is 1. The van der Waals surface area contributed by atoms with Crippen LogP contribution >= 0.6 is 11.8 Å². The van der Waals surface area contributed by atoms with E-state index in [4.69, 9.17) is 0 Å². The summed E-state index contributed by atoms with van der Waals surface area (Å²) in [5, 5.41) is 14.5. The lowest BCUT2D eigenvalue weighted by atomic mass is 10.0. The van der Waals surface area contributed by atoms with E-state index in [-0.39, 0.29) is 35.7 Å². The van der Waals surface area contributed by atoms with Crippen molar-refractivity contribution in [2.45, 2.75) is 37.9 Å². The lowest BCUT2D eigenvalue weighted by Crippen LogP contribution is -2.18. The molecule has 2 N–H and O–H groups in total. The van der Waals surface area contributed by atoms with Gasteiger partial charge in [0, 0.05) is 17.9 Å². The summed E-state index contributed by atoms with van der Waals surface area (Å²) in [6.07, 6.45) is 1.65. The molecule has 0 unspecified atom stereocenters. The Morgan fingerprint density at radius 3 is 2.52 bits per heavy atom. The van der Waals surface area contributed by atoms with Gasteiger partial charge >= 0.3 is 0 Å². The van der Waals surface area contributed by atoms with Crippen LogP contribution in [-0.2, 0) is 22.6 Å². The zero-order chi connectivity index (χ0) is 23.8. The molecule has 0 bridgehead atoms. The number of rotatable bonds is 10. The number of anilines is 2. The fourth-order valence-electron chi connectivity index (χ4n) is 3.18. The maximum atomic E-state index is 13.0. The van der Waals surface area contributed by atoms with Crippen molar-refractivity contribution in [2.75, 3.05) is 16.4 Å². The summed E-state index contributed by atoms with van der Waals surface area (Å²) >= 11 is 1.24. The average Bonchev–Trinajstić information content (AvgIpc) is 3.15. The van der Waals surface area contributed by atoms with Gasteiger partial charge in [0.05, 0.1) is 12.2 Å². The van der Waals surface area contributed by atoms with Crippen LogP contribution in [0.3, 0.4) is 0 Å². The van der Waals surface area contributed by atoms with Crippen molar-refractivity contribution in [3.63, 3.8) is 0 Å². The van der Waals surface area contributed by atoms with Gasteiger partial charge in [0.1, 0.15) is 11.6 Å². The Hall–Kier alpha value is -3.46. The number of halogens is 1. The predicted octanol–water partition coefficient (Wildman–Crippen LogP) is 4.64. The van der Waals surface area contributed by atoms with E-state index in [2.05, 4.69) is 41.3 Å². The number of para-hydroxylation sites is 1. The lowest BCUT2D eigenvalue weighted by molar-refractivity contribution is -0.116. The van der Waals surface area contributed by atoms with Gasteiger partial charge in [0.15, 0.2) is 5.16 Å². The maximum absolute atomic E-state index is 13.0. The number of nitrogens with zero attached hydrogens (tertiary/aromatic N) is 3. The fraction of sp³-hybridized carbons (Fsp3) is 0.250. The second kappa shape index (κ2) is 11.4. The number of hydrogen-bond acceptors (Lipinski definition) is 5. The molecule has 0 aliphatic rings. The fourth-order valence-corrected chi connectivity index (χ4v) is 3.95. The minimum Gasteiger partial charge on any atom is -0.326 e. The van der Waals surface area contributed by atoms with Gasteiger partial charge in [-0.1, -0.05) is 49.9 Å². The molecular formula is C24H26FN5O2S. The molecule has 0 spiro atoms. The lowest BCUT2D eigenvalue weighted by Gasteiger charge is -2.13. The largest absolute Gasteiger partial charge is 0.326 e. The van der Waals surface area contributed by atoms with Crippen LogP contribution in [0.4, 0.5) is 15.8 Å². The van der Waals surface area contributed by atoms with Gasteiger partial charge in [0.25, 0.3) is 0 Å². The third-order valence-corrected chi connectivity index (χ3v) is 5.71. The first-order valence-electron chi connectivity index (χ1n) is 10.5. The van der Waals surface area contributed by atoms with Gasteiger partial charge in [0.2, 0.25) is 11.8 Å². The highest BCUT2D eigenvalue weighted by Gasteiger charge is 2.17. The second-order valence-corrected chi connectivity index (χ2v) is 8.55. The van der Waals surface area contributed by atoms with Crippen molar-refractivity contribution in [1.29, 1.82) is 0 Å². The van der Waals surface area contributed by atoms with Gasteiger partial charge in [-0.3, -0.25) is 9.59 Å². The van der Waals surface area contributed by atoms with E-state index in [1.165, 1.54) is 36.0 Å². The van der Waals surface area contributed by atoms with Gasteiger partial charge in [-0.05, 0) is 41.8 Å². The minimum atomic E-state index is -0.378. The highest BCUT2D eigenvalue weighted by Crippen LogP contribution is 2.24. The van der Waals surface area contributed by atoms with Crippen molar-refractivity contribution in [2.24, 2.45) is 0 Å². The van der Waals surface area contributed by atoms with Crippen molar-refractivity contribution in [1.82, 2.24) is 14.8 Å². The molecule has 7 nitrogen and oxygen atoms in total. The maximum Gasteiger partial charge on any atom is 0.234 e. The summed E-state index contributed by atoms with van der Waals surface area (Å²) in [7, 11) is 0. The number of allylic oxidation sites excluding steroid dienone is 1. The van der Waals surface area contributed by atoms with E-state index in [1.54, 1.807) is 10.6 Å². The molecule has 2 aromatic carbocycles. The van der Waals surface area contributed by atoms with E-state index >= 15 is 0 Å². The molecular weight excluding hydrogens is 441 g/mol. The molecule has 3 rings (SSSR count). The minimum absolute atomic E-state index is 0.0211. The Balaban J connectivity index is 1.63. The normalized spacial score (nSPS) is 10.8. The molecule has 0 aliphatic carbocycles. The quantitative estimate of drug-likeness (QED) is 0.335. The zero-order valence-electron chi connectivity index (χ0n) is 18.5.